The standard InChI is InChI=1S/C11H16ClN3O3S/c1-8-6-10(12)9(7-14-8)11(16)13-4-5-19(17,18)15(2)3/h6-7H,4-5H2,1-3H3,(H,13,16). The van der Waals surface area contributed by atoms with Crippen molar-refractivity contribution < 1.29 is 13.2 Å². The molecule has 1 amide bonds. The molecule has 1 aromatic rings. The van der Waals surface area contributed by atoms with E-state index in [4.69, 9.17) is 11.6 Å². The molecule has 8 heteroatoms. The van der Waals surface area contributed by atoms with Crippen LogP contribution in [-0.4, -0.2) is 50.0 Å². The second-order valence-corrected chi connectivity index (χ2v) is 6.87. The van der Waals surface area contributed by atoms with E-state index in [1.54, 1.807) is 13.0 Å². The van der Waals surface area contributed by atoms with Crippen LogP contribution in [0.1, 0.15) is 16.1 Å². The van der Waals surface area contributed by atoms with Gasteiger partial charge in [0.25, 0.3) is 5.91 Å². The first-order valence-corrected chi connectivity index (χ1v) is 7.53. The van der Waals surface area contributed by atoms with Crippen molar-refractivity contribution >= 4 is 27.5 Å². The number of halogens is 1. The Morgan fingerprint density at radius 1 is 1.47 bits per heavy atom. The van der Waals surface area contributed by atoms with Gasteiger partial charge in [0.1, 0.15) is 0 Å². The van der Waals surface area contributed by atoms with E-state index in [-0.39, 0.29) is 17.9 Å². The molecule has 0 radical (unpaired) electrons. The maximum absolute atomic E-state index is 11.8. The molecule has 19 heavy (non-hydrogen) atoms. The van der Waals surface area contributed by atoms with Crippen molar-refractivity contribution in [2.45, 2.75) is 6.92 Å². The number of carbonyl (C=O) groups excluding carboxylic acids is 1. The molecular weight excluding hydrogens is 290 g/mol. The normalized spacial score (nSPS) is 11.6. The van der Waals surface area contributed by atoms with Crippen molar-refractivity contribution in [1.82, 2.24) is 14.6 Å². The molecule has 0 atom stereocenters. The monoisotopic (exact) mass is 305 g/mol. The first-order valence-electron chi connectivity index (χ1n) is 5.54. The van der Waals surface area contributed by atoms with E-state index in [1.807, 2.05) is 0 Å². The fourth-order valence-electron chi connectivity index (χ4n) is 1.26. The summed E-state index contributed by atoms with van der Waals surface area (Å²) in [6.07, 6.45) is 1.37. The predicted molar refractivity (Wildman–Crippen MR) is 73.8 cm³/mol. The highest BCUT2D eigenvalue weighted by Gasteiger charge is 2.15. The topological polar surface area (TPSA) is 79.4 Å². The molecular formula is C11H16ClN3O3S. The van der Waals surface area contributed by atoms with E-state index in [0.717, 1.165) is 4.31 Å². The molecule has 0 fully saturated rings. The number of pyridine rings is 1. The van der Waals surface area contributed by atoms with E-state index in [2.05, 4.69) is 10.3 Å². The van der Waals surface area contributed by atoms with Gasteiger partial charge in [-0.2, -0.15) is 0 Å². The quantitative estimate of drug-likeness (QED) is 0.867. The summed E-state index contributed by atoms with van der Waals surface area (Å²) >= 11 is 5.92. The van der Waals surface area contributed by atoms with Gasteiger partial charge in [0, 0.05) is 32.5 Å². The van der Waals surface area contributed by atoms with Crippen molar-refractivity contribution in [2.75, 3.05) is 26.4 Å². The molecule has 0 unspecified atom stereocenters. The van der Waals surface area contributed by atoms with Crippen LogP contribution in [0.5, 0.6) is 0 Å². The number of carbonyl (C=O) groups is 1. The van der Waals surface area contributed by atoms with E-state index >= 15 is 0 Å². The van der Waals surface area contributed by atoms with Gasteiger partial charge in [-0.15, -0.1) is 0 Å². The fourth-order valence-corrected chi connectivity index (χ4v) is 2.28. The van der Waals surface area contributed by atoms with E-state index in [9.17, 15) is 13.2 Å². The van der Waals surface area contributed by atoms with Gasteiger partial charge in [0.2, 0.25) is 10.0 Å². The third kappa shape index (κ3) is 4.45. The number of nitrogens with one attached hydrogen (secondary N) is 1. The summed E-state index contributed by atoms with van der Waals surface area (Å²) in [5.74, 6) is -0.603. The fraction of sp³-hybridized carbons (Fsp3) is 0.455. The van der Waals surface area contributed by atoms with Crippen LogP contribution in [0.4, 0.5) is 0 Å². The first-order chi connectivity index (χ1) is 8.74. The number of amides is 1. The molecule has 0 aromatic carbocycles. The van der Waals surface area contributed by atoms with Crippen LogP contribution in [-0.2, 0) is 10.0 Å². The molecule has 0 saturated carbocycles. The van der Waals surface area contributed by atoms with E-state index in [0.29, 0.717) is 10.7 Å². The Balaban J connectivity index is 2.62. The van der Waals surface area contributed by atoms with Crippen LogP contribution in [0, 0.1) is 6.92 Å². The molecule has 0 spiro atoms. The summed E-state index contributed by atoms with van der Waals surface area (Å²) < 4.78 is 24.1. The van der Waals surface area contributed by atoms with Gasteiger partial charge >= 0.3 is 0 Å². The van der Waals surface area contributed by atoms with Crippen molar-refractivity contribution in [3.05, 3.63) is 28.5 Å². The van der Waals surface area contributed by atoms with Crippen molar-refractivity contribution in [3.63, 3.8) is 0 Å². The number of nitrogens with zero attached hydrogens (tertiary/aromatic N) is 2. The van der Waals surface area contributed by atoms with Crippen LogP contribution in [0.3, 0.4) is 0 Å². The zero-order valence-electron chi connectivity index (χ0n) is 11.0. The van der Waals surface area contributed by atoms with Gasteiger partial charge in [-0.05, 0) is 13.0 Å². The lowest BCUT2D eigenvalue weighted by Gasteiger charge is -2.11. The number of aromatic nitrogens is 1. The maximum Gasteiger partial charge on any atom is 0.254 e. The van der Waals surface area contributed by atoms with Crippen LogP contribution < -0.4 is 5.32 Å². The number of hydrogen-bond donors (Lipinski definition) is 1. The van der Waals surface area contributed by atoms with Gasteiger partial charge in [-0.25, -0.2) is 12.7 Å². The molecule has 0 aliphatic heterocycles. The molecule has 6 nitrogen and oxygen atoms in total. The first kappa shape index (κ1) is 15.9. The zero-order valence-corrected chi connectivity index (χ0v) is 12.5. The number of aryl methyl sites for hydroxylation is 1. The third-order valence-corrected chi connectivity index (χ3v) is 4.58. The highest BCUT2D eigenvalue weighted by atomic mass is 35.5. The molecule has 0 aliphatic carbocycles. The molecule has 1 aromatic heterocycles. The minimum atomic E-state index is -3.32. The average Bonchev–Trinajstić information content (AvgIpc) is 2.28. The highest BCUT2D eigenvalue weighted by Crippen LogP contribution is 2.15. The van der Waals surface area contributed by atoms with Gasteiger partial charge in [0.15, 0.2) is 0 Å². The van der Waals surface area contributed by atoms with Crippen molar-refractivity contribution in [1.29, 1.82) is 0 Å². The van der Waals surface area contributed by atoms with E-state index < -0.39 is 15.9 Å². The summed E-state index contributed by atoms with van der Waals surface area (Å²) in [5.41, 5.74) is 0.936. The number of hydrogen-bond acceptors (Lipinski definition) is 4. The molecule has 0 bridgehead atoms. The molecule has 1 rings (SSSR count). The average molecular weight is 306 g/mol. The number of rotatable bonds is 5. The Bertz CT molecular complexity index is 573. The Morgan fingerprint density at radius 2 is 2.11 bits per heavy atom. The molecule has 0 saturated heterocycles. The van der Waals surface area contributed by atoms with Gasteiger partial charge in [-0.3, -0.25) is 9.78 Å². The summed E-state index contributed by atoms with van der Waals surface area (Å²) in [5, 5.41) is 2.79. The summed E-state index contributed by atoms with van der Waals surface area (Å²) in [7, 11) is -0.438. The minimum Gasteiger partial charge on any atom is -0.351 e. The highest BCUT2D eigenvalue weighted by molar-refractivity contribution is 7.89. The summed E-state index contributed by atoms with van der Waals surface area (Å²) in [4.78, 5) is 15.8. The van der Waals surface area contributed by atoms with Gasteiger partial charge in [0.05, 0.1) is 16.3 Å². The Labute approximate surface area is 117 Å². The van der Waals surface area contributed by atoms with Crippen LogP contribution in [0.15, 0.2) is 12.3 Å². The molecule has 1 heterocycles. The maximum atomic E-state index is 11.8. The van der Waals surface area contributed by atoms with Gasteiger partial charge in [-0.1, -0.05) is 11.6 Å². The van der Waals surface area contributed by atoms with Crippen molar-refractivity contribution in [2.24, 2.45) is 0 Å². The molecule has 106 valence electrons. The second kappa shape index (κ2) is 6.31. The Morgan fingerprint density at radius 3 is 2.63 bits per heavy atom. The summed E-state index contributed by atoms with van der Waals surface area (Å²) in [6, 6.07) is 1.58. The third-order valence-electron chi connectivity index (χ3n) is 2.44. The van der Waals surface area contributed by atoms with Gasteiger partial charge < -0.3 is 5.32 Å². The van der Waals surface area contributed by atoms with Crippen LogP contribution in [0.2, 0.25) is 5.02 Å². The SMILES string of the molecule is Cc1cc(Cl)c(C(=O)NCCS(=O)(=O)N(C)C)cn1. The van der Waals surface area contributed by atoms with Crippen LogP contribution >= 0.6 is 11.6 Å². The molecule has 1 N–H and O–H groups in total. The van der Waals surface area contributed by atoms with Crippen LogP contribution in [0.25, 0.3) is 0 Å². The van der Waals surface area contributed by atoms with E-state index in [1.165, 1.54) is 20.3 Å². The number of sulfonamides is 1. The Hall–Kier alpha value is -1.18. The second-order valence-electron chi connectivity index (χ2n) is 4.16. The lowest BCUT2D eigenvalue weighted by molar-refractivity contribution is 0.0956. The molecule has 0 aliphatic rings. The Kier molecular flexibility index (Phi) is 5.28. The minimum absolute atomic E-state index is 0.0174. The largest absolute Gasteiger partial charge is 0.351 e. The van der Waals surface area contributed by atoms with Crippen molar-refractivity contribution in [3.8, 4) is 0 Å². The summed E-state index contributed by atoms with van der Waals surface area (Å²) in [6.45, 7) is 1.78. The lowest BCUT2D eigenvalue weighted by atomic mass is 10.2. The lowest BCUT2D eigenvalue weighted by Crippen LogP contribution is -2.34. The smallest absolute Gasteiger partial charge is 0.254 e. The zero-order chi connectivity index (χ0) is 14.6. The predicted octanol–water partition coefficient (Wildman–Crippen LogP) is 0.665.